The number of amides is 3. The average molecular weight is 523 g/mol. The van der Waals surface area contributed by atoms with Gasteiger partial charge in [0, 0.05) is 25.1 Å². The average Bonchev–Trinajstić information content (AvgIpc) is 2.84. The number of carboxylic acid groups (broad SMARTS) is 1. The van der Waals surface area contributed by atoms with Crippen molar-refractivity contribution in [2.75, 3.05) is 26.7 Å². The number of nitrogens with zero attached hydrogens (tertiary/aromatic N) is 1. The molecule has 206 valence electrons. The van der Waals surface area contributed by atoms with E-state index in [2.05, 4.69) is 25.7 Å². The number of carbonyl (C=O) groups excluding carboxylic acids is 3. The third-order valence-corrected chi connectivity index (χ3v) is 5.66. The van der Waals surface area contributed by atoms with Crippen molar-refractivity contribution in [3.05, 3.63) is 23.8 Å². The SMILES string of the molecule is COC(=O)N[C@@](CCC(=O)O)(CC1C=C(C(=N)N)C=CC1)C(=O)NCC(=O)NCCCCCN=C(N)N. The minimum atomic E-state index is -1.69. The maximum atomic E-state index is 13.3. The van der Waals surface area contributed by atoms with Gasteiger partial charge >= 0.3 is 12.1 Å². The Balaban J connectivity index is 2.87. The summed E-state index contributed by atoms with van der Waals surface area (Å²) < 4.78 is 4.68. The fourth-order valence-corrected chi connectivity index (χ4v) is 3.80. The highest BCUT2D eigenvalue weighted by molar-refractivity contribution is 5.97. The summed E-state index contributed by atoms with van der Waals surface area (Å²) in [6, 6.07) is 0. The minimum Gasteiger partial charge on any atom is -0.481 e. The first-order chi connectivity index (χ1) is 17.5. The molecule has 1 aliphatic rings. The van der Waals surface area contributed by atoms with Crippen LogP contribution in [0.15, 0.2) is 28.8 Å². The molecule has 0 aliphatic heterocycles. The van der Waals surface area contributed by atoms with E-state index in [9.17, 15) is 24.3 Å². The Morgan fingerprint density at radius 1 is 1.19 bits per heavy atom. The molecule has 0 saturated carbocycles. The second-order valence-corrected chi connectivity index (χ2v) is 8.63. The number of alkyl carbamates (subject to hydrolysis) is 1. The molecule has 0 aromatic heterocycles. The molecule has 0 spiro atoms. The lowest BCUT2D eigenvalue weighted by molar-refractivity contribution is -0.138. The Kier molecular flexibility index (Phi) is 13.2. The van der Waals surface area contributed by atoms with E-state index in [1.54, 1.807) is 18.2 Å². The summed E-state index contributed by atoms with van der Waals surface area (Å²) in [5, 5.41) is 24.6. The van der Waals surface area contributed by atoms with Crippen molar-refractivity contribution in [3.63, 3.8) is 0 Å². The molecule has 37 heavy (non-hydrogen) atoms. The number of aliphatic carboxylic acids is 1. The molecule has 1 rings (SSSR count). The Morgan fingerprint density at radius 2 is 1.92 bits per heavy atom. The van der Waals surface area contributed by atoms with E-state index in [0.717, 1.165) is 20.0 Å². The second-order valence-electron chi connectivity index (χ2n) is 8.63. The van der Waals surface area contributed by atoms with Crippen LogP contribution in [0, 0.1) is 11.3 Å². The first-order valence-corrected chi connectivity index (χ1v) is 11.9. The number of rotatable bonds is 16. The molecule has 1 aliphatic carbocycles. The normalized spacial score (nSPS) is 15.9. The van der Waals surface area contributed by atoms with E-state index in [0.29, 0.717) is 31.5 Å². The van der Waals surface area contributed by atoms with Gasteiger partial charge < -0.3 is 43.0 Å². The van der Waals surface area contributed by atoms with Gasteiger partial charge in [0.25, 0.3) is 0 Å². The van der Waals surface area contributed by atoms with Crippen LogP contribution < -0.4 is 33.2 Å². The van der Waals surface area contributed by atoms with E-state index in [-0.39, 0.29) is 37.1 Å². The number of guanidine groups is 1. The summed E-state index contributed by atoms with van der Waals surface area (Å²) in [5.41, 5.74) is 14.9. The zero-order valence-electron chi connectivity index (χ0n) is 21.0. The number of hydrogen-bond acceptors (Lipinski definition) is 7. The van der Waals surface area contributed by atoms with E-state index < -0.39 is 35.8 Å². The Hall–Kier alpha value is -4.10. The van der Waals surface area contributed by atoms with Gasteiger partial charge in [0.05, 0.1) is 13.7 Å². The van der Waals surface area contributed by atoms with Gasteiger partial charge in [0.2, 0.25) is 11.8 Å². The van der Waals surface area contributed by atoms with E-state index in [1.165, 1.54) is 0 Å². The summed E-state index contributed by atoms with van der Waals surface area (Å²) in [6.07, 6.45) is 6.28. The van der Waals surface area contributed by atoms with Gasteiger partial charge in [-0.05, 0) is 44.4 Å². The van der Waals surface area contributed by atoms with Crippen molar-refractivity contribution >= 4 is 35.7 Å². The van der Waals surface area contributed by atoms with Crippen LogP contribution >= 0.6 is 0 Å². The molecular weight excluding hydrogens is 484 g/mol. The van der Waals surface area contributed by atoms with Crippen LogP contribution in [-0.2, 0) is 19.1 Å². The van der Waals surface area contributed by atoms with Gasteiger partial charge in [-0.15, -0.1) is 0 Å². The van der Waals surface area contributed by atoms with Gasteiger partial charge in [0.15, 0.2) is 5.96 Å². The van der Waals surface area contributed by atoms with Crippen LogP contribution in [0.5, 0.6) is 0 Å². The molecule has 0 aromatic carbocycles. The molecular formula is C23H38N8O6. The quantitative estimate of drug-likeness (QED) is 0.0734. The van der Waals surface area contributed by atoms with Crippen LogP contribution in [0.1, 0.15) is 44.9 Å². The van der Waals surface area contributed by atoms with Crippen molar-refractivity contribution in [1.29, 1.82) is 5.41 Å². The lowest BCUT2D eigenvalue weighted by Gasteiger charge is -2.35. The molecule has 0 aromatic rings. The summed E-state index contributed by atoms with van der Waals surface area (Å²) in [7, 11) is 1.12. The lowest BCUT2D eigenvalue weighted by Crippen LogP contribution is -2.60. The van der Waals surface area contributed by atoms with Crippen molar-refractivity contribution in [1.82, 2.24) is 16.0 Å². The second kappa shape index (κ2) is 15.8. The molecule has 14 heteroatoms. The van der Waals surface area contributed by atoms with Crippen LogP contribution in [0.3, 0.4) is 0 Å². The molecule has 0 heterocycles. The summed E-state index contributed by atoms with van der Waals surface area (Å²) >= 11 is 0. The summed E-state index contributed by atoms with van der Waals surface area (Å²) in [5.74, 6) is -2.80. The van der Waals surface area contributed by atoms with Gasteiger partial charge in [-0.25, -0.2) is 4.79 Å². The summed E-state index contributed by atoms with van der Waals surface area (Å²) in [4.78, 5) is 53.0. The smallest absolute Gasteiger partial charge is 0.407 e. The number of carbonyl (C=O) groups is 4. The number of carboxylic acids is 1. The highest BCUT2D eigenvalue weighted by Crippen LogP contribution is 2.30. The fraction of sp³-hybridized carbons (Fsp3) is 0.565. The molecule has 0 saturated heterocycles. The number of nitrogens with one attached hydrogen (secondary N) is 4. The number of amidine groups is 1. The standard InChI is InChI=1S/C23H38N8O6/c1-37-22(36)31-23(9-8-18(33)34,13-15-6-5-7-16(12-15)19(24)25)20(35)30-14-17(32)28-10-3-2-4-11-29-21(26)27/h5,7,12,15H,2-4,6,8-11,13-14H2,1H3,(H3,24,25)(H,28,32)(H,30,35)(H,31,36)(H,33,34)(H4,26,27,29)/t15?,23-/m0/s1. The van der Waals surface area contributed by atoms with Crippen molar-refractivity contribution in [2.45, 2.75) is 50.5 Å². The largest absolute Gasteiger partial charge is 0.481 e. The maximum Gasteiger partial charge on any atom is 0.407 e. The predicted molar refractivity (Wildman–Crippen MR) is 138 cm³/mol. The number of aliphatic imine (C=N–C) groups is 1. The first kappa shape index (κ1) is 30.9. The minimum absolute atomic E-state index is 0.000250. The first-order valence-electron chi connectivity index (χ1n) is 11.9. The van der Waals surface area contributed by atoms with Crippen LogP contribution in [0.4, 0.5) is 4.79 Å². The number of nitrogens with two attached hydrogens (primary N) is 3. The van der Waals surface area contributed by atoms with E-state index in [4.69, 9.17) is 22.6 Å². The van der Waals surface area contributed by atoms with Crippen LogP contribution in [-0.4, -0.2) is 73.1 Å². The van der Waals surface area contributed by atoms with Gasteiger partial charge in [-0.3, -0.25) is 24.8 Å². The summed E-state index contributed by atoms with van der Waals surface area (Å²) in [6.45, 7) is 0.509. The fourth-order valence-electron chi connectivity index (χ4n) is 3.80. The number of allylic oxidation sites excluding steroid dienone is 2. The number of ether oxygens (including phenoxy) is 1. The zero-order valence-corrected chi connectivity index (χ0v) is 21.0. The number of unbranched alkanes of at least 4 members (excludes halogenated alkanes) is 2. The molecule has 1 unspecified atom stereocenters. The van der Waals surface area contributed by atoms with E-state index >= 15 is 0 Å². The maximum absolute atomic E-state index is 13.3. The third-order valence-electron chi connectivity index (χ3n) is 5.66. The van der Waals surface area contributed by atoms with Crippen molar-refractivity contribution in [2.24, 2.45) is 28.1 Å². The third kappa shape index (κ3) is 11.9. The van der Waals surface area contributed by atoms with Gasteiger partial charge in [-0.1, -0.05) is 18.2 Å². The Labute approximate surface area is 215 Å². The lowest BCUT2D eigenvalue weighted by atomic mass is 9.79. The number of methoxy groups -OCH3 is 1. The Bertz CT molecular complexity index is 928. The molecule has 11 N–H and O–H groups in total. The van der Waals surface area contributed by atoms with Crippen molar-refractivity contribution in [3.8, 4) is 0 Å². The highest BCUT2D eigenvalue weighted by atomic mass is 16.5. The van der Waals surface area contributed by atoms with Crippen molar-refractivity contribution < 1.29 is 29.0 Å². The van der Waals surface area contributed by atoms with Crippen LogP contribution in [0.25, 0.3) is 0 Å². The van der Waals surface area contributed by atoms with Gasteiger partial charge in [-0.2, -0.15) is 0 Å². The zero-order chi connectivity index (χ0) is 27.8. The molecule has 0 fully saturated rings. The molecule has 2 atom stereocenters. The monoisotopic (exact) mass is 522 g/mol. The Morgan fingerprint density at radius 3 is 2.54 bits per heavy atom. The molecule has 0 bridgehead atoms. The molecule has 0 radical (unpaired) electrons. The molecule has 3 amide bonds. The highest BCUT2D eigenvalue weighted by Gasteiger charge is 2.42. The topological polar surface area (TPSA) is 248 Å². The van der Waals surface area contributed by atoms with Crippen LogP contribution in [0.2, 0.25) is 0 Å². The number of hydrogen-bond donors (Lipinski definition) is 8. The predicted octanol–water partition coefficient (Wildman–Crippen LogP) is -0.549. The van der Waals surface area contributed by atoms with Gasteiger partial charge in [0.1, 0.15) is 11.4 Å². The van der Waals surface area contributed by atoms with E-state index in [1.807, 2.05) is 0 Å². The molecule has 14 nitrogen and oxygen atoms in total.